The molecule has 0 unspecified atom stereocenters. The van der Waals surface area contributed by atoms with Gasteiger partial charge in [-0.1, -0.05) is 17.7 Å². The topological polar surface area (TPSA) is 62.7 Å². The molecular weight excluding hydrogens is 354 g/mol. The van der Waals surface area contributed by atoms with Crippen LogP contribution in [-0.2, 0) is 20.9 Å². The SMILES string of the molecule is CC(=O)N1CC(OCC(=O)N(Cc2ccccn2)c2ccc(Cl)cc2)C1. The average molecular weight is 374 g/mol. The third-order valence-corrected chi connectivity index (χ3v) is 4.47. The molecule has 1 fully saturated rings. The molecule has 1 aliphatic heterocycles. The predicted molar refractivity (Wildman–Crippen MR) is 98.9 cm³/mol. The molecule has 0 atom stereocenters. The number of anilines is 1. The number of carbonyl (C=O) groups excluding carboxylic acids is 2. The maximum Gasteiger partial charge on any atom is 0.253 e. The zero-order chi connectivity index (χ0) is 18.5. The Labute approximate surface area is 157 Å². The van der Waals surface area contributed by atoms with Gasteiger partial charge in [0.2, 0.25) is 5.91 Å². The van der Waals surface area contributed by atoms with E-state index in [1.165, 1.54) is 6.92 Å². The molecule has 0 N–H and O–H groups in total. The summed E-state index contributed by atoms with van der Waals surface area (Å²) in [6, 6.07) is 12.7. The minimum Gasteiger partial charge on any atom is -0.365 e. The number of amides is 2. The van der Waals surface area contributed by atoms with E-state index in [0.29, 0.717) is 24.7 Å². The molecule has 0 bridgehead atoms. The Balaban J connectivity index is 1.65. The number of carbonyl (C=O) groups is 2. The highest BCUT2D eigenvalue weighted by Crippen LogP contribution is 2.21. The van der Waals surface area contributed by atoms with Crippen LogP contribution in [0.1, 0.15) is 12.6 Å². The molecule has 2 amide bonds. The molecule has 0 spiro atoms. The zero-order valence-electron chi connectivity index (χ0n) is 14.5. The summed E-state index contributed by atoms with van der Waals surface area (Å²) in [6.45, 7) is 2.88. The molecule has 1 aliphatic rings. The van der Waals surface area contributed by atoms with E-state index in [4.69, 9.17) is 16.3 Å². The molecule has 7 heteroatoms. The molecule has 2 heterocycles. The van der Waals surface area contributed by atoms with Crippen molar-refractivity contribution in [2.24, 2.45) is 0 Å². The summed E-state index contributed by atoms with van der Waals surface area (Å²) in [4.78, 5) is 31.6. The molecule has 136 valence electrons. The second-order valence-electron chi connectivity index (χ2n) is 6.13. The summed E-state index contributed by atoms with van der Waals surface area (Å²) >= 11 is 5.95. The van der Waals surface area contributed by atoms with Crippen LogP contribution in [0, 0.1) is 0 Å². The molecule has 0 aliphatic carbocycles. The molecular formula is C19H20ClN3O3. The zero-order valence-corrected chi connectivity index (χ0v) is 15.2. The van der Waals surface area contributed by atoms with Gasteiger partial charge in [-0.25, -0.2) is 0 Å². The summed E-state index contributed by atoms with van der Waals surface area (Å²) in [5.74, 6) is -0.145. The van der Waals surface area contributed by atoms with Crippen LogP contribution in [-0.4, -0.2) is 47.5 Å². The van der Waals surface area contributed by atoms with Gasteiger partial charge in [0.15, 0.2) is 0 Å². The van der Waals surface area contributed by atoms with Crippen molar-refractivity contribution in [2.75, 3.05) is 24.6 Å². The number of nitrogens with zero attached hydrogens (tertiary/aromatic N) is 3. The molecule has 1 aromatic carbocycles. The number of rotatable bonds is 6. The first-order valence-electron chi connectivity index (χ1n) is 8.36. The third-order valence-electron chi connectivity index (χ3n) is 4.22. The van der Waals surface area contributed by atoms with E-state index in [-0.39, 0.29) is 24.5 Å². The highest BCUT2D eigenvalue weighted by molar-refractivity contribution is 6.30. The summed E-state index contributed by atoms with van der Waals surface area (Å²) in [5, 5.41) is 0.606. The van der Waals surface area contributed by atoms with Gasteiger partial charge in [-0.3, -0.25) is 14.6 Å². The second-order valence-corrected chi connectivity index (χ2v) is 6.57. The number of ether oxygens (including phenoxy) is 1. The van der Waals surface area contributed by atoms with Crippen LogP contribution in [0.2, 0.25) is 5.02 Å². The van der Waals surface area contributed by atoms with E-state index < -0.39 is 0 Å². The minimum atomic E-state index is -0.167. The smallest absolute Gasteiger partial charge is 0.253 e. The molecule has 1 saturated heterocycles. The van der Waals surface area contributed by atoms with Crippen molar-refractivity contribution in [3.8, 4) is 0 Å². The summed E-state index contributed by atoms with van der Waals surface area (Å²) < 4.78 is 5.65. The van der Waals surface area contributed by atoms with Crippen molar-refractivity contribution in [3.63, 3.8) is 0 Å². The summed E-state index contributed by atoms with van der Waals surface area (Å²) in [6.07, 6.45) is 1.60. The number of halogens is 1. The fraction of sp³-hybridized carbons (Fsp3) is 0.316. The van der Waals surface area contributed by atoms with Crippen molar-refractivity contribution in [1.29, 1.82) is 0 Å². The molecule has 2 aromatic rings. The fourth-order valence-corrected chi connectivity index (χ4v) is 2.79. The van der Waals surface area contributed by atoms with Crippen molar-refractivity contribution in [1.82, 2.24) is 9.88 Å². The number of pyridine rings is 1. The molecule has 6 nitrogen and oxygen atoms in total. The Morgan fingerprint density at radius 2 is 1.96 bits per heavy atom. The fourth-order valence-electron chi connectivity index (χ4n) is 2.67. The average Bonchev–Trinajstić information content (AvgIpc) is 2.59. The molecule has 26 heavy (non-hydrogen) atoms. The lowest BCUT2D eigenvalue weighted by atomic mass is 10.1. The lowest BCUT2D eigenvalue weighted by Crippen LogP contribution is -2.54. The monoisotopic (exact) mass is 373 g/mol. The second kappa shape index (κ2) is 8.29. The maximum absolute atomic E-state index is 12.8. The normalized spacial score (nSPS) is 14.0. The standard InChI is InChI=1S/C19H20ClN3O3/c1-14(24)22-11-18(12-22)26-13-19(25)23(10-16-4-2-3-9-21-16)17-7-5-15(20)6-8-17/h2-9,18H,10-13H2,1H3. The van der Waals surface area contributed by atoms with Crippen molar-refractivity contribution in [3.05, 3.63) is 59.4 Å². The molecule has 1 aromatic heterocycles. The van der Waals surface area contributed by atoms with Gasteiger partial charge >= 0.3 is 0 Å². The number of benzene rings is 1. The van der Waals surface area contributed by atoms with Crippen LogP contribution in [0.5, 0.6) is 0 Å². The largest absolute Gasteiger partial charge is 0.365 e. The van der Waals surface area contributed by atoms with E-state index >= 15 is 0 Å². The Morgan fingerprint density at radius 3 is 2.58 bits per heavy atom. The van der Waals surface area contributed by atoms with Gasteiger partial charge in [0.05, 0.1) is 18.3 Å². The Bertz CT molecular complexity index is 761. The van der Waals surface area contributed by atoms with Crippen molar-refractivity contribution in [2.45, 2.75) is 19.6 Å². The lowest BCUT2D eigenvalue weighted by molar-refractivity contribution is -0.145. The Kier molecular flexibility index (Phi) is 5.85. The van der Waals surface area contributed by atoms with Gasteiger partial charge in [-0.2, -0.15) is 0 Å². The van der Waals surface area contributed by atoms with Gasteiger partial charge < -0.3 is 14.5 Å². The van der Waals surface area contributed by atoms with Crippen LogP contribution in [0.3, 0.4) is 0 Å². The van der Waals surface area contributed by atoms with Crippen LogP contribution in [0.25, 0.3) is 0 Å². The number of hydrogen-bond donors (Lipinski definition) is 0. The maximum atomic E-state index is 12.8. The van der Waals surface area contributed by atoms with Crippen molar-refractivity contribution < 1.29 is 14.3 Å². The first-order chi connectivity index (χ1) is 12.5. The van der Waals surface area contributed by atoms with E-state index in [9.17, 15) is 9.59 Å². The van der Waals surface area contributed by atoms with E-state index in [0.717, 1.165) is 11.4 Å². The molecule has 0 radical (unpaired) electrons. The third kappa shape index (κ3) is 4.59. The highest BCUT2D eigenvalue weighted by atomic mass is 35.5. The van der Waals surface area contributed by atoms with Crippen LogP contribution in [0.4, 0.5) is 5.69 Å². The molecule has 3 rings (SSSR count). The summed E-state index contributed by atoms with van der Waals surface area (Å²) in [7, 11) is 0. The number of aromatic nitrogens is 1. The van der Waals surface area contributed by atoms with Crippen LogP contribution >= 0.6 is 11.6 Å². The highest BCUT2D eigenvalue weighted by Gasteiger charge is 2.30. The van der Waals surface area contributed by atoms with E-state index in [1.807, 2.05) is 18.2 Å². The quantitative estimate of drug-likeness (QED) is 0.780. The Morgan fingerprint density at radius 1 is 1.23 bits per heavy atom. The minimum absolute atomic E-state index is 0.0223. The Hall–Kier alpha value is -2.44. The van der Waals surface area contributed by atoms with Gasteiger partial charge in [0.25, 0.3) is 5.91 Å². The summed E-state index contributed by atoms with van der Waals surface area (Å²) in [5.41, 5.74) is 1.51. The first kappa shape index (κ1) is 18.4. The lowest BCUT2D eigenvalue weighted by Gasteiger charge is -2.38. The van der Waals surface area contributed by atoms with Gasteiger partial charge in [0, 0.05) is 36.9 Å². The van der Waals surface area contributed by atoms with E-state index in [2.05, 4.69) is 4.98 Å². The van der Waals surface area contributed by atoms with Crippen LogP contribution in [0.15, 0.2) is 48.7 Å². The first-order valence-corrected chi connectivity index (χ1v) is 8.73. The van der Waals surface area contributed by atoms with Crippen LogP contribution < -0.4 is 4.90 Å². The van der Waals surface area contributed by atoms with Gasteiger partial charge in [0.1, 0.15) is 6.61 Å². The predicted octanol–water partition coefficient (Wildman–Crippen LogP) is 2.52. The van der Waals surface area contributed by atoms with Gasteiger partial charge in [-0.15, -0.1) is 0 Å². The molecule has 0 saturated carbocycles. The number of likely N-dealkylation sites (tertiary alicyclic amines) is 1. The van der Waals surface area contributed by atoms with Gasteiger partial charge in [-0.05, 0) is 36.4 Å². The van der Waals surface area contributed by atoms with E-state index in [1.54, 1.807) is 40.3 Å². The van der Waals surface area contributed by atoms with Crippen molar-refractivity contribution >= 4 is 29.1 Å². The number of hydrogen-bond acceptors (Lipinski definition) is 4.